The Kier molecular flexibility index (Phi) is 25.5. The summed E-state index contributed by atoms with van der Waals surface area (Å²) in [5, 5.41) is 66.5. The van der Waals surface area contributed by atoms with E-state index in [1.165, 1.54) is 30.5 Å². The molecule has 0 aliphatic carbocycles. The summed E-state index contributed by atoms with van der Waals surface area (Å²) in [7, 11) is -5.06. The number of imidazole rings is 2. The standard InChI is InChI=1S/C62H92N13O14P.C10H12N5O3.Co/c1-29-20-39-40(21-30(29)2)75(28-70-39)57-52(84)53(41(27-76)87-57)89-90(85,86)88-31(3)26-69-49(83)18-19-59(8)37(22-46(66)80)56-62(11)61(10,25-48(68)82)36(14-17-45(65)79)51(74-62)33(5)55-60(9,24-47(67)81)34(12-15-43(63)77)38(71-55)23-42-58(6,7)35(13-16-44(64)78)50(72-42)32(4)54(59)73-56;1-4-6(16)7(17)10(18-4)15-3-14-5-8(11)12-2-13-9(5)15;/h20-21,23,28,31,34-38,41,50-53,56-57,76,84H,12-19,22,24-27H2,1-11H3,(H14,63,64,65,66,67,68,69,77,78,79,80,81,82,83,85,86);2-4,6-7,10,16-17H,1H2,(H2,11,12,13);/q-4;-1;/b42-23-,54-32-,55-33-;;/t31-,34-,35-,36-,37+,38?,41-,50?,51?,52-,53-,56-,57+,59-,60+,61+,62+;4-,6-,7-,10-;/m11./s1. The Hall–Kier alpha value is -7.71. The van der Waals surface area contributed by atoms with Crippen molar-refractivity contribution in [1.29, 1.82) is 0 Å². The van der Waals surface area contributed by atoms with E-state index in [4.69, 9.17) is 79.9 Å². The molecule has 6 fully saturated rings. The largest absolute Gasteiger partial charge is 0.685 e. The number of phosphoric acid groups is 1. The molecule has 4 unspecified atom stereocenters. The number of benzene rings is 1. The molecule has 8 bridgehead atoms. The third-order valence-corrected chi connectivity index (χ3v) is 25.3. The van der Waals surface area contributed by atoms with Crippen LogP contribution >= 0.6 is 7.82 Å². The second kappa shape index (κ2) is 32.5. The zero-order chi connectivity index (χ0) is 79.6. The van der Waals surface area contributed by atoms with Gasteiger partial charge in [0.1, 0.15) is 36.3 Å². The molecule has 11 rings (SSSR count). The maximum Gasteiger partial charge on any atom is 0.472 e. The molecule has 6 saturated heterocycles. The van der Waals surface area contributed by atoms with Gasteiger partial charge in [-0.1, -0.05) is 53.6 Å². The summed E-state index contributed by atoms with van der Waals surface area (Å²) in [6.07, 6.45) is -4.86. The molecule has 109 heavy (non-hydrogen) atoms. The number of nitrogens with zero attached hydrogens (tertiary/aromatic N) is 10. The maximum atomic E-state index is 14.4. The number of nitrogen functional groups attached to an aromatic ring is 1. The first-order valence-electron chi connectivity index (χ1n) is 36.2. The monoisotopic (exact) mass is 1580 g/mol. The number of aromatic nitrogens is 6. The summed E-state index contributed by atoms with van der Waals surface area (Å²) in [4.78, 5) is 121. The molecule has 37 heteroatoms. The number of aliphatic hydroxyl groups excluding tert-OH is 4. The van der Waals surface area contributed by atoms with Crippen LogP contribution in [0.5, 0.6) is 0 Å². The van der Waals surface area contributed by atoms with Crippen LogP contribution in [0.2, 0.25) is 0 Å². The number of nitrogens with two attached hydrogens (primary N) is 7. The van der Waals surface area contributed by atoms with Crippen molar-refractivity contribution in [2.24, 2.45) is 79.7 Å². The third-order valence-electron chi connectivity index (χ3n) is 24.2. The van der Waals surface area contributed by atoms with Crippen molar-refractivity contribution in [1.82, 2.24) is 29.8 Å². The number of amides is 7. The smallest absolute Gasteiger partial charge is 0.472 e. The molecule has 603 valence electrons. The van der Waals surface area contributed by atoms with E-state index in [9.17, 15) is 63.4 Å². The molecule has 1 aromatic carbocycles. The second-order valence-electron chi connectivity index (χ2n) is 31.7. The summed E-state index contributed by atoms with van der Waals surface area (Å²) in [5.74, 6) is -6.62. The number of ether oxygens (including phenoxy) is 2. The molecule has 7 aliphatic heterocycles. The molecule has 7 aliphatic rings. The van der Waals surface area contributed by atoms with E-state index >= 15 is 0 Å². The Morgan fingerprint density at radius 2 is 1.35 bits per heavy atom. The average molecular weight is 1580 g/mol. The Balaban J connectivity index is 0.000000623. The molecule has 3 aromatic heterocycles. The molecule has 4 aromatic rings. The number of aryl methyl sites for hydroxylation is 2. The number of carbonyl (C=O) groups excluding carboxylic acids is 7. The van der Waals surface area contributed by atoms with Crippen LogP contribution in [0.1, 0.15) is 157 Å². The zero-order valence-corrected chi connectivity index (χ0v) is 65.0. The van der Waals surface area contributed by atoms with Crippen molar-refractivity contribution in [2.45, 2.75) is 232 Å². The van der Waals surface area contributed by atoms with Crippen molar-refractivity contribution < 1.29 is 103 Å². The normalized spacial score (nSPS) is 35.6. The van der Waals surface area contributed by atoms with E-state index < -0.39 is 186 Å². The van der Waals surface area contributed by atoms with Crippen LogP contribution in [-0.4, -0.2) is 172 Å². The van der Waals surface area contributed by atoms with E-state index in [1.54, 1.807) is 4.57 Å². The van der Waals surface area contributed by atoms with Crippen LogP contribution in [-0.2, 0) is 73.4 Å². The predicted molar refractivity (Wildman–Crippen MR) is 392 cm³/mol. The van der Waals surface area contributed by atoms with E-state index in [0.717, 1.165) is 11.1 Å². The van der Waals surface area contributed by atoms with Gasteiger partial charge >= 0.3 is 7.82 Å². The number of carbonyl (C=O) groups is 7. The minimum atomic E-state index is -5.06. The maximum absolute atomic E-state index is 14.4. The average Bonchev–Trinajstić information content (AvgIpc) is 1.53. The Morgan fingerprint density at radius 3 is 1.94 bits per heavy atom. The van der Waals surface area contributed by atoms with Gasteiger partial charge in [-0.05, 0) is 135 Å². The molecule has 7 amide bonds. The number of nitrogens with one attached hydrogen (secondary N) is 1. The van der Waals surface area contributed by atoms with Gasteiger partial charge in [-0.15, -0.1) is 34.8 Å². The topological polar surface area (TPSA) is 587 Å². The summed E-state index contributed by atoms with van der Waals surface area (Å²) >= 11 is 0. The third kappa shape index (κ3) is 16.5. The SMILES string of the molecule is C/C1=C2/[N-][C@H]([C@H](CC(N)=O)[C@@]2(C)CCC(=O)NC[C@@H](C)OP(=O)(O)O[C@H]2[C@@H](O)[C@@H]([n+]3c[n-]c4cc(C)c(C)cc43)O[C@@H]2CO)[C@]2(C)[N-]C(/C(C)=C3\[N-]C(/C=C4\[N-]C1[C@@H](CCC(N)=O)C4(C)C)[C@@H](CCC(N)=O)[C@]3(C)CC(N)=O)[C@@H](CCC(N)=O)[C@]2(C)CC(N)=O.[CH2-][C@H]1O[C@@H](n2cnc3c(N)ncnc32)[C@H](O)[C@@H]1O.[Co]. The fraction of sp³-hybridized carbons (Fsp3) is 0.639. The van der Waals surface area contributed by atoms with Crippen LogP contribution in [0.3, 0.4) is 0 Å². The molecule has 0 spiro atoms. The predicted octanol–water partition coefficient (Wildman–Crippen LogP) is 2.76. The Labute approximate surface area is 642 Å². The van der Waals surface area contributed by atoms with Crippen molar-refractivity contribution in [3.8, 4) is 0 Å². The van der Waals surface area contributed by atoms with Crippen molar-refractivity contribution in [3.63, 3.8) is 0 Å². The number of primary amides is 6. The molecule has 0 saturated carbocycles. The van der Waals surface area contributed by atoms with E-state index in [0.29, 0.717) is 50.4 Å². The number of fused-ring (bicyclic) bond motifs is 11. The van der Waals surface area contributed by atoms with Crippen molar-refractivity contribution in [2.75, 3.05) is 18.9 Å². The van der Waals surface area contributed by atoms with Gasteiger partial charge < -0.3 is 113 Å². The van der Waals surface area contributed by atoms with Gasteiger partial charge in [0.25, 0.3) is 0 Å². The van der Waals surface area contributed by atoms with Gasteiger partial charge in [0.2, 0.25) is 41.4 Å². The van der Waals surface area contributed by atoms with Crippen molar-refractivity contribution in [3.05, 3.63) is 105 Å². The summed E-state index contributed by atoms with van der Waals surface area (Å²) in [6.45, 7) is 23.1. The fourth-order valence-electron chi connectivity index (χ4n) is 18.1. The Morgan fingerprint density at radius 1 is 0.743 bits per heavy atom. The molecule has 35 nitrogen and oxygen atoms in total. The number of anilines is 1. The second-order valence-corrected chi connectivity index (χ2v) is 33.0. The summed E-state index contributed by atoms with van der Waals surface area (Å²) < 4.78 is 39.2. The molecular weight excluding hydrogens is 1480 g/mol. The van der Waals surface area contributed by atoms with E-state index in [-0.39, 0.29) is 99.8 Å². The van der Waals surface area contributed by atoms with Crippen LogP contribution in [0.4, 0.5) is 5.82 Å². The fourth-order valence-corrected chi connectivity index (χ4v) is 19.3. The number of hydrogen-bond acceptors (Lipinski definition) is 20. The minimum Gasteiger partial charge on any atom is -0.685 e. The van der Waals surface area contributed by atoms with Gasteiger partial charge in [-0.3, -0.25) is 47.2 Å². The summed E-state index contributed by atoms with van der Waals surface area (Å²) in [6, 6.07) is 0.417. The van der Waals surface area contributed by atoms with Gasteiger partial charge in [0.05, 0.1) is 42.5 Å². The van der Waals surface area contributed by atoms with Gasteiger partial charge in [0, 0.05) is 68.3 Å². The zero-order valence-electron chi connectivity index (χ0n) is 63.1. The van der Waals surface area contributed by atoms with E-state index in [1.807, 2.05) is 87.4 Å². The van der Waals surface area contributed by atoms with Crippen LogP contribution in [0, 0.1) is 66.1 Å². The van der Waals surface area contributed by atoms with Crippen LogP contribution < -0.4 is 55.0 Å². The Bertz CT molecular complexity index is 4310. The quantitative estimate of drug-likeness (QED) is 0.0232. The number of aliphatic hydroxyl groups is 4. The van der Waals surface area contributed by atoms with Gasteiger partial charge in [-0.25, -0.2) is 24.5 Å². The molecule has 10 heterocycles. The number of allylic oxidation sites excluding steroid dienone is 3. The minimum absolute atomic E-state index is 0. The first-order valence-corrected chi connectivity index (χ1v) is 37.7. The van der Waals surface area contributed by atoms with E-state index in [2.05, 4.69) is 32.2 Å². The summed E-state index contributed by atoms with van der Waals surface area (Å²) in [5.41, 5.74) is 42.8. The molecule has 22 atom stereocenters. The number of phosphoric ester groups is 1. The van der Waals surface area contributed by atoms with Crippen LogP contribution in [0.15, 0.2) is 65.4 Å². The molecule has 1 radical (unpaired) electrons. The first-order chi connectivity index (χ1) is 50.4. The molecular formula is C72H104CoN18O17P-5. The number of rotatable bonds is 27. The van der Waals surface area contributed by atoms with Crippen molar-refractivity contribution >= 4 is 77.2 Å². The van der Waals surface area contributed by atoms with Gasteiger partial charge in [-0.2, -0.15) is 17.1 Å². The van der Waals surface area contributed by atoms with Crippen LogP contribution in [0.25, 0.3) is 43.5 Å². The number of hydrogen-bond donors (Lipinski definition) is 13. The first kappa shape index (κ1) is 85.3. The molecule has 20 N–H and O–H groups in total. The van der Waals surface area contributed by atoms with Gasteiger partial charge in [0.15, 0.2) is 23.9 Å².